The normalized spacial score (nSPS) is 10.1. The third-order valence-electron chi connectivity index (χ3n) is 2.63. The Bertz CT molecular complexity index is 567. The zero-order valence-electron chi connectivity index (χ0n) is 10.2. The highest BCUT2D eigenvalue weighted by Crippen LogP contribution is 2.18. The largest absolute Gasteiger partial charge is 0.252 e. The van der Waals surface area contributed by atoms with Crippen LogP contribution in [0, 0.1) is 6.92 Å². The molecule has 92 valence electrons. The second-order valence-electron chi connectivity index (χ2n) is 3.95. The summed E-state index contributed by atoms with van der Waals surface area (Å²) in [5.41, 5.74) is 10.4. The van der Waals surface area contributed by atoms with Crippen LogP contribution < -0.4 is 0 Å². The second-order valence-corrected chi connectivity index (χ2v) is 3.95. The molecule has 6 nitrogen and oxygen atoms in total. The maximum atomic E-state index is 8.17. The van der Waals surface area contributed by atoms with Gasteiger partial charge < -0.3 is 0 Å². The van der Waals surface area contributed by atoms with Gasteiger partial charge in [-0.3, -0.25) is 4.68 Å². The Morgan fingerprint density at radius 1 is 1.39 bits per heavy atom. The number of aromatic nitrogens is 3. The standard InChI is InChI=1S/C12H14N6/c1-10-5-2-3-6-11(10)12-14-9-18(16-12)8-4-7-15-17-13/h2-3,5-6,9H,4,7-8H2,1H3. The highest BCUT2D eigenvalue weighted by atomic mass is 15.3. The molecule has 18 heavy (non-hydrogen) atoms. The van der Waals surface area contributed by atoms with Crippen molar-refractivity contribution in [1.29, 1.82) is 0 Å². The average molecular weight is 242 g/mol. The molecule has 0 aliphatic heterocycles. The molecule has 6 heteroatoms. The highest BCUT2D eigenvalue weighted by Gasteiger charge is 2.05. The van der Waals surface area contributed by atoms with Gasteiger partial charge in [-0.1, -0.05) is 29.4 Å². The fourth-order valence-electron chi connectivity index (χ4n) is 1.70. The predicted octanol–water partition coefficient (Wildman–Crippen LogP) is 2.95. The van der Waals surface area contributed by atoms with E-state index in [-0.39, 0.29) is 0 Å². The highest BCUT2D eigenvalue weighted by molar-refractivity contribution is 5.58. The van der Waals surface area contributed by atoms with Crippen LogP contribution in [0.15, 0.2) is 35.7 Å². The SMILES string of the molecule is Cc1ccccc1-c1ncn(CCCN=[N+]=[N-])n1. The third kappa shape index (κ3) is 2.87. The van der Waals surface area contributed by atoms with Gasteiger partial charge in [-0.2, -0.15) is 5.10 Å². The van der Waals surface area contributed by atoms with Crippen LogP contribution in [0.4, 0.5) is 0 Å². The third-order valence-corrected chi connectivity index (χ3v) is 2.63. The summed E-state index contributed by atoms with van der Waals surface area (Å²) in [7, 11) is 0. The maximum absolute atomic E-state index is 8.17. The van der Waals surface area contributed by atoms with E-state index < -0.39 is 0 Å². The molecule has 0 aliphatic rings. The van der Waals surface area contributed by atoms with Crippen LogP contribution in [0.1, 0.15) is 12.0 Å². The summed E-state index contributed by atoms with van der Waals surface area (Å²) in [4.78, 5) is 7.01. The van der Waals surface area contributed by atoms with Crippen LogP contribution >= 0.6 is 0 Å². The van der Waals surface area contributed by atoms with Crippen molar-refractivity contribution >= 4 is 0 Å². The first-order chi connectivity index (χ1) is 8.81. The van der Waals surface area contributed by atoms with E-state index in [1.165, 1.54) is 0 Å². The minimum Gasteiger partial charge on any atom is -0.252 e. The van der Waals surface area contributed by atoms with Gasteiger partial charge in [0.25, 0.3) is 0 Å². The Labute approximate surface area is 105 Å². The van der Waals surface area contributed by atoms with Crippen molar-refractivity contribution in [2.45, 2.75) is 19.9 Å². The van der Waals surface area contributed by atoms with E-state index in [0.717, 1.165) is 23.4 Å². The molecule has 1 aromatic heterocycles. The smallest absolute Gasteiger partial charge is 0.181 e. The van der Waals surface area contributed by atoms with E-state index in [2.05, 4.69) is 20.1 Å². The monoisotopic (exact) mass is 242 g/mol. The lowest BCUT2D eigenvalue weighted by molar-refractivity contribution is 0.584. The molecule has 0 aliphatic carbocycles. The van der Waals surface area contributed by atoms with Gasteiger partial charge in [0, 0.05) is 23.6 Å². The van der Waals surface area contributed by atoms with Crippen molar-refractivity contribution in [3.05, 3.63) is 46.6 Å². The van der Waals surface area contributed by atoms with Crippen LogP contribution in [0.2, 0.25) is 0 Å². The van der Waals surface area contributed by atoms with Crippen molar-refractivity contribution in [3.63, 3.8) is 0 Å². The van der Waals surface area contributed by atoms with Crippen molar-refractivity contribution in [2.24, 2.45) is 5.11 Å². The molecule has 1 heterocycles. The molecule has 0 unspecified atom stereocenters. The van der Waals surface area contributed by atoms with E-state index in [9.17, 15) is 0 Å². The molecule has 0 amide bonds. The molecule has 0 N–H and O–H groups in total. The van der Waals surface area contributed by atoms with E-state index in [1.807, 2.05) is 31.2 Å². The van der Waals surface area contributed by atoms with Gasteiger partial charge >= 0.3 is 0 Å². The minimum atomic E-state index is 0.482. The fraction of sp³-hybridized carbons (Fsp3) is 0.333. The van der Waals surface area contributed by atoms with Crippen LogP contribution in [0.25, 0.3) is 21.8 Å². The number of hydrogen-bond acceptors (Lipinski definition) is 3. The van der Waals surface area contributed by atoms with Crippen LogP contribution in [0.3, 0.4) is 0 Å². The van der Waals surface area contributed by atoms with Gasteiger partial charge in [0.2, 0.25) is 0 Å². The fourth-order valence-corrected chi connectivity index (χ4v) is 1.70. The van der Waals surface area contributed by atoms with Crippen molar-refractivity contribution in [3.8, 4) is 11.4 Å². The van der Waals surface area contributed by atoms with Gasteiger partial charge in [0.1, 0.15) is 6.33 Å². The Morgan fingerprint density at radius 2 is 2.22 bits per heavy atom. The zero-order chi connectivity index (χ0) is 12.8. The molecular formula is C12H14N6. The lowest BCUT2D eigenvalue weighted by Crippen LogP contribution is -2.00. The number of aryl methyl sites for hydroxylation is 2. The number of hydrogen-bond donors (Lipinski definition) is 0. The zero-order valence-corrected chi connectivity index (χ0v) is 10.2. The lowest BCUT2D eigenvalue weighted by Gasteiger charge is -2.00. The van der Waals surface area contributed by atoms with Gasteiger partial charge in [-0.25, -0.2) is 4.98 Å². The molecule has 0 radical (unpaired) electrons. The van der Waals surface area contributed by atoms with E-state index in [0.29, 0.717) is 13.1 Å². The molecule has 0 saturated carbocycles. The summed E-state index contributed by atoms with van der Waals surface area (Å²) in [5, 5.41) is 7.89. The first-order valence-electron chi connectivity index (χ1n) is 5.77. The molecule has 0 atom stereocenters. The van der Waals surface area contributed by atoms with E-state index in [1.54, 1.807) is 11.0 Å². The molecule has 0 fully saturated rings. The topological polar surface area (TPSA) is 79.5 Å². The first kappa shape index (κ1) is 12.1. The summed E-state index contributed by atoms with van der Waals surface area (Å²) in [6.07, 6.45) is 2.47. The molecule has 0 spiro atoms. The molecule has 0 bridgehead atoms. The van der Waals surface area contributed by atoms with Gasteiger partial charge in [-0.15, -0.1) is 0 Å². The average Bonchev–Trinajstić information content (AvgIpc) is 2.84. The molecule has 2 rings (SSSR count). The van der Waals surface area contributed by atoms with Gasteiger partial charge in [0.05, 0.1) is 0 Å². The van der Waals surface area contributed by atoms with Gasteiger partial charge in [0.15, 0.2) is 5.82 Å². The quantitative estimate of drug-likeness (QED) is 0.349. The summed E-state index contributed by atoms with van der Waals surface area (Å²) in [6.45, 7) is 3.23. The van der Waals surface area contributed by atoms with Crippen LogP contribution in [-0.2, 0) is 6.54 Å². The van der Waals surface area contributed by atoms with E-state index in [4.69, 9.17) is 5.53 Å². The maximum Gasteiger partial charge on any atom is 0.181 e. The Morgan fingerprint density at radius 3 is 3.00 bits per heavy atom. The summed E-state index contributed by atoms with van der Waals surface area (Å²) >= 11 is 0. The number of rotatable bonds is 5. The summed E-state index contributed by atoms with van der Waals surface area (Å²) in [5.74, 6) is 0.733. The van der Waals surface area contributed by atoms with Crippen molar-refractivity contribution < 1.29 is 0 Å². The number of nitrogens with zero attached hydrogens (tertiary/aromatic N) is 6. The second kappa shape index (κ2) is 5.84. The first-order valence-corrected chi connectivity index (χ1v) is 5.77. The molecule has 0 saturated heterocycles. The number of benzene rings is 1. The van der Waals surface area contributed by atoms with Gasteiger partial charge in [-0.05, 0) is 24.4 Å². The van der Waals surface area contributed by atoms with Crippen molar-refractivity contribution in [2.75, 3.05) is 6.54 Å². The molecular weight excluding hydrogens is 228 g/mol. The van der Waals surface area contributed by atoms with E-state index >= 15 is 0 Å². The summed E-state index contributed by atoms with van der Waals surface area (Å²) < 4.78 is 1.77. The van der Waals surface area contributed by atoms with Crippen molar-refractivity contribution in [1.82, 2.24) is 14.8 Å². The number of azide groups is 1. The lowest BCUT2D eigenvalue weighted by atomic mass is 10.1. The Kier molecular flexibility index (Phi) is 3.94. The molecule has 2 aromatic rings. The minimum absolute atomic E-state index is 0.482. The Balaban J connectivity index is 2.06. The Hall–Kier alpha value is -2.33. The summed E-state index contributed by atoms with van der Waals surface area (Å²) in [6, 6.07) is 8.02. The van der Waals surface area contributed by atoms with Crippen LogP contribution in [0.5, 0.6) is 0 Å². The van der Waals surface area contributed by atoms with Crippen LogP contribution in [-0.4, -0.2) is 21.3 Å². The predicted molar refractivity (Wildman–Crippen MR) is 68.8 cm³/mol. The molecule has 1 aromatic carbocycles.